The van der Waals surface area contributed by atoms with Gasteiger partial charge in [-0.2, -0.15) is 4.98 Å². The number of nitrogens with one attached hydrogen (secondary N) is 2. The SMILES string of the molecule is Cc1nc(CNCC(=O)Nc2ccccc2Cl)no1. The number of rotatable bonds is 5. The number of carbonyl (C=O) groups is 1. The Balaban J connectivity index is 1.77. The van der Waals surface area contributed by atoms with E-state index in [0.29, 0.717) is 29.0 Å². The number of hydrogen-bond donors (Lipinski definition) is 2. The Morgan fingerprint density at radius 3 is 2.89 bits per heavy atom. The van der Waals surface area contributed by atoms with Gasteiger partial charge in [0, 0.05) is 6.92 Å². The molecule has 0 bridgehead atoms. The van der Waals surface area contributed by atoms with E-state index in [1.807, 2.05) is 0 Å². The minimum Gasteiger partial charge on any atom is -0.340 e. The van der Waals surface area contributed by atoms with Crippen molar-refractivity contribution in [3.8, 4) is 0 Å². The average Bonchev–Trinajstić information content (AvgIpc) is 2.78. The molecule has 2 rings (SSSR count). The second-order valence-corrected chi connectivity index (χ2v) is 4.27. The predicted molar refractivity (Wildman–Crippen MR) is 70.8 cm³/mol. The van der Waals surface area contributed by atoms with Gasteiger partial charge in [0.2, 0.25) is 11.8 Å². The summed E-state index contributed by atoms with van der Waals surface area (Å²) in [6.07, 6.45) is 0. The first-order valence-electron chi connectivity index (χ1n) is 5.69. The molecule has 0 saturated heterocycles. The van der Waals surface area contributed by atoms with Gasteiger partial charge in [0.05, 0.1) is 23.8 Å². The largest absolute Gasteiger partial charge is 0.340 e. The van der Waals surface area contributed by atoms with Crippen molar-refractivity contribution in [3.63, 3.8) is 0 Å². The summed E-state index contributed by atoms with van der Waals surface area (Å²) in [5.74, 6) is 0.827. The third-order valence-corrected chi connectivity index (χ3v) is 2.62. The van der Waals surface area contributed by atoms with Gasteiger partial charge in [-0.3, -0.25) is 4.79 Å². The summed E-state index contributed by atoms with van der Waals surface area (Å²) in [7, 11) is 0. The highest BCUT2D eigenvalue weighted by Gasteiger charge is 2.06. The molecule has 7 heteroatoms. The summed E-state index contributed by atoms with van der Waals surface area (Å²) in [5.41, 5.74) is 0.589. The normalized spacial score (nSPS) is 10.4. The number of benzene rings is 1. The zero-order valence-electron chi connectivity index (χ0n) is 10.3. The van der Waals surface area contributed by atoms with Crippen molar-refractivity contribution >= 4 is 23.2 Å². The maximum Gasteiger partial charge on any atom is 0.238 e. The Kier molecular flexibility index (Phi) is 4.48. The van der Waals surface area contributed by atoms with E-state index in [1.54, 1.807) is 31.2 Å². The number of aromatic nitrogens is 2. The van der Waals surface area contributed by atoms with E-state index < -0.39 is 0 Å². The first kappa shape index (κ1) is 13.5. The fraction of sp³-hybridized carbons (Fsp3) is 0.250. The van der Waals surface area contributed by atoms with Crippen LogP contribution in [-0.2, 0) is 11.3 Å². The Labute approximate surface area is 115 Å². The van der Waals surface area contributed by atoms with Crippen LogP contribution in [0.1, 0.15) is 11.7 Å². The van der Waals surface area contributed by atoms with E-state index in [2.05, 4.69) is 20.8 Å². The molecular formula is C12H13ClN4O2. The van der Waals surface area contributed by atoms with Gasteiger partial charge in [0.15, 0.2) is 5.82 Å². The maximum atomic E-state index is 11.7. The van der Waals surface area contributed by atoms with Crippen molar-refractivity contribution in [2.45, 2.75) is 13.5 Å². The van der Waals surface area contributed by atoms with Crippen molar-refractivity contribution in [3.05, 3.63) is 41.0 Å². The van der Waals surface area contributed by atoms with Crippen LogP contribution in [0.5, 0.6) is 0 Å². The summed E-state index contributed by atoms with van der Waals surface area (Å²) < 4.78 is 4.81. The lowest BCUT2D eigenvalue weighted by Gasteiger charge is -2.06. The lowest BCUT2D eigenvalue weighted by atomic mass is 10.3. The second-order valence-electron chi connectivity index (χ2n) is 3.86. The van der Waals surface area contributed by atoms with Crippen LogP contribution in [0.15, 0.2) is 28.8 Å². The van der Waals surface area contributed by atoms with E-state index in [9.17, 15) is 4.79 Å². The fourth-order valence-electron chi connectivity index (χ4n) is 1.46. The van der Waals surface area contributed by atoms with Crippen molar-refractivity contribution in [1.82, 2.24) is 15.5 Å². The highest BCUT2D eigenvalue weighted by Crippen LogP contribution is 2.19. The summed E-state index contributed by atoms with van der Waals surface area (Å²) in [6, 6.07) is 7.06. The van der Waals surface area contributed by atoms with Gasteiger partial charge >= 0.3 is 0 Å². The monoisotopic (exact) mass is 280 g/mol. The number of anilines is 1. The zero-order valence-corrected chi connectivity index (χ0v) is 11.1. The number of halogens is 1. The lowest BCUT2D eigenvalue weighted by molar-refractivity contribution is -0.115. The minimum absolute atomic E-state index is 0.138. The number of nitrogens with zero attached hydrogens (tertiary/aromatic N) is 2. The molecule has 1 heterocycles. The molecule has 1 amide bonds. The molecule has 0 fully saturated rings. The Morgan fingerprint density at radius 1 is 1.42 bits per heavy atom. The van der Waals surface area contributed by atoms with Gasteiger partial charge in [-0.05, 0) is 12.1 Å². The minimum atomic E-state index is -0.187. The van der Waals surface area contributed by atoms with Crippen LogP contribution in [0, 0.1) is 6.92 Å². The van der Waals surface area contributed by atoms with Crippen LogP contribution < -0.4 is 10.6 Å². The molecule has 2 aromatic rings. The summed E-state index contributed by atoms with van der Waals surface area (Å²) in [4.78, 5) is 15.7. The Bertz CT molecular complexity index is 570. The van der Waals surface area contributed by atoms with E-state index in [0.717, 1.165) is 0 Å². The predicted octanol–water partition coefficient (Wildman–Crippen LogP) is 1.76. The zero-order chi connectivity index (χ0) is 13.7. The molecule has 1 aromatic heterocycles. The van der Waals surface area contributed by atoms with E-state index >= 15 is 0 Å². The van der Waals surface area contributed by atoms with Crippen molar-refractivity contribution in [2.24, 2.45) is 0 Å². The highest BCUT2D eigenvalue weighted by molar-refractivity contribution is 6.33. The molecule has 0 saturated carbocycles. The molecule has 19 heavy (non-hydrogen) atoms. The molecule has 0 spiro atoms. The van der Waals surface area contributed by atoms with Crippen LogP contribution in [-0.4, -0.2) is 22.6 Å². The second kappa shape index (κ2) is 6.31. The summed E-state index contributed by atoms with van der Waals surface area (Å²) in [6.45, 7) is 2.21. The third kappa shape index (κ3) is 4.04. The van der Waals surface area contributed by atoms with E-state index in [4.69, 9.17) is 16.1 Å². The molecule has 100 valence electrons. The van der Waals surface area contributed by atoms with E-state index in [1.165, 1.54) is 0 Å². The van der Waals surface area contributed by atoms with E-state index in [-0.39, 0.29) is 12.5 Å². The third-order valence-electron chi connectivity index (χ3n) is 2.29. The first-order chi connectivity index (χ1) is 9.15. The van der Waals surface area contributed by atoms with Crippen molar-refractivity contribution < 1.29 is 9.32 Å². The van der Waals surface area contributed by atoms with Gasteiger partial charge in [-0.1, -0.05) is 28.9 Å². The topological polar surface area (TPSA) is 80.0 Å². The number of amides is 1. The van der Waals surface area contributed by atoms with Gasteiger partial charge in [-0.25, -0.2) is 0 Å². The van der Waals surface area contributed by atoms with Gasteiger partial charge < -0.3 is 15.2 Å². The van der Waals surface area contributed by atoms with Crippen molar-refractivity contribution in [1.29, 1.82) is 0 Å². The molecular weight excluding hydrogens is 268 g/mol. The highest BCUT2D eigenvalue weighted by atomic mass is 35.5. The Hall–Kier alpha value is -1.92. The van der Waals surface area contributed by atoms with Crippen LogP contribution in [0.3, 0.4) is 0 Å². The molecule has 0 aliphatic rings. The van der Waals surface area contributed by atoms with Gasteiger partial charge in [0.1, 0.15) is 0 Å². The van der Waals surface area contributed by atoms with Crippen LogP contribution in [0.25, 0.3) is 0 Å². The smallest absolute Gasteiger partial charge is 0.238 e. The number of aryl methyl sites for hydroxylation is 1. The summed E-state index contributed by atoms with van der Waals surface area (Å²) in [5, 5.41) is 9.83. The number of carbonyl (C=O) groups excluding carboxylic acids is 1. The molecule has 0 unspecified atom stereocenters. The molecule has 0 atom stereocenters. The number of para-hydroxylation sites is 1. The van der Waals surface area contributed by atoms with Crippen LogP contribution in [0.2, 0.25) is 5.02 Å². The lowest BCUT2D eigenvalue weighted by Crippen LogP contribution is -2.28. The maximum absolute atomic E-state index is 11.7. The Morgan fingerprint density at radius 2 is 2.21 bits per heavy atom. The van der Waals surface area contributed by atoms with Gasteiger partial charge in [0.25, 0.3) is 0 Å². The summed E-state index contributed by atoms with van der Waals surface area (Å²) >= 11 is 5.93. The number of hydrogen-bond acceptors (Lipinski definition) is 5. The molecule has 0 aliphatic heterocycles. The average molecular weight is 281 g/mol. The molecule has 0 aliphatic carbocycles. The molecule has 0 radical (unpaired) electrons. The molecule has 6 nitrogen and oxygen atoms in total. The standard InChI is InChI=1S/C12H13ClN4O2/c1-8-15-11(17-19-8)6-14-7-12(18)16-10-5-3-2-4-9(10)13/h2-5,14H,6-7H2,1H3,(H,16,18). The quantitative estimate of drug-likeness (QED) is 0.872. The fourth-order valence-corrected chi connectivity index (χ4v) is 1.64. The molecule has 1 aromatic carbocycles. The van der Waals surface area contributed by atoms with Crippen LogP contribution in [0.4, 0.5) is 5.69 Å². The molecule has 2 N–H and O–H groups in total. The van der Waals surface area contributed by atoms with Crippen molar-refractivity contribution in [2.75, 3.05) is 11.9 Å². The van der Waals surface area contributed by atoms with Gasteiger partial charge in [-0.15, -0.1) is 0 Å². The van der Waals surface area contributed by atoms with Crippen LogP contribution >= 0.6 is 11.6 Å². The first-order valence-corrected chi connectivity index (χ1v) is 6.07.